The summed E-state index contributed by atoms with van der Waals surface area (Å²) in [7, 11) is 0. The molecule has 2 fully saturated rings. The number of amides is 1. The van der Waals surface area contributed by atoms with Gasteiger partial charge in [-0.05, 0) is 24.1 Å². The maximum atomic E-state index is 12.8. The van der Waals surface area contributed by atoms with Crippen LogP contribution in [0.4, 0.5) is 0 Å². The topological polar surface area (TPSA) is 96.2 Å². The molecular formula is C20H20N6O2. The van der Waals surface area contributed by atoms with Crippen LogP contribution in [0, 0.1) is 0 Å². The van der Waals surface area contributed by atoms with Crippen molar-refractivity contribution in [1.29, 1.82) is 0 Å². The van der Waals surface area contributed by atoms with Gasteiger partial charge in [0.1, 0.15) is 6.04 Å². The second-order valence-corrected chi connectivity index (χ2v) is 7.17. The van der Waals surface area contributed by atoms with Crippen LogP contribution in [0.15, 0.2) is 59.4 Å². The Balaban J connectivity index is 1.17. The van der Waals surface area contributed by atoms with E-state index in [9.17, 15) is 4.79 Å². The number of rotatable bonds is 4. The Hall–Kier alpha value is -3.10. The SMILES string of the molecule is O=C(C1CC(c2ccccc2)NN1)N1CC(c2nc(-c3ccncc3)no2)C1. The Morgan fingerprint density at radius 3 is 2.64 bits per heavy atom. The fourth-order valence-electron chi connectivity index (χ4n) is 3.68. The van der Waals surface area contributed by atoms with Gasteiger partial charge in [0.05, 0.1) is 5.92 Å². The highest BCUT2D eigenvalue weighted by Crippen LogP contribution is 2.30. The first kappa shape index (κ1) is 17.0. The number of hydrogen-bond acceptors (Lipinski definition) is 7. The van der Waals surface area contributed by atoms with E-state index in [1.54, 1.807) is 12.4 Å². The zero-order valence-corrected chi connectivity index (χ0v) is 15.2. The van der Waals surface area contributed by atoms with Gasteiger partial charge in [-0.3, -0.25) is 9.78 Å². The Labute approximate surface area is 161 Å². The number of hydrazine groups is 1. The van der Waals surface area contributed by atoms with E-state index in [1.165, 1.54) is 5.56 Å². The molecular weight excluding hydrogens is 356 g/mol. The number of hydrogen-bond donors (Lipinski definition) is 2. The number of pyridine rings is 1. The molecule has 2 atom stereocenters. The molecule has 3 aromatic rings. The number of aromatic nitrogens is 3. The van der Waals surface area contributed by atoms with Crippen molar-refractivity contribution < 1.29 is 9.32 Å². The summed E-state index contributed by atoms with van der Waals surface area (Å²) in [5.41, 5.74) is 8.41. The predicted molar refractivity (Wildman–Crippen MR) is 101 cm³/mol. The molecule has 0 bridgehead atoms. The third kappa shape index (κ3) is 3.17. The number of nitrogens with one attached hydrogen (secondary N) is 2. The van der Waals surface area contributed by atoms with Crippen LogP contribution in [0.5, 0.6) is 0 Å². The van der Waals surface area contributed by atoms with Gasteiger partial charge in [0.2, 0.25) is 17.6 Å². The number of carbonyl (C=O) groups excluding carboxylic acids is 1. The molecule has 8 nitrogen and oxygen atoms in total. The fraction of sp³-hybridized carbons (Fsp3) is 0.300. The second-order valence-electron chi connectivity index (χ2n) is 7.17. The van der Waals surface area contributed by atoms with Crippen LogP contribution >= 0.6 is 0 Å². The zero-order valence-electron chi connectivity index (χ0n) is 15.2. The smallest absolute Gasteiger partial charge is 0.241 e. The van der Waals surface area contributed by atoms with Gasteiger partial charge >= 0.3 is 0 Å². The lowest BCUT2D eigenvalue weighted by molar-refractivity contribution is -0.138. The summed E-state index contributed by atoms with van der Waals surface area (Å²) in [6, 6.07) is 13.8. The largest absolute Gasteiger partial charge is 0.340 e. The van der Waals surface area contributed by atoms with E-state index in [4.69, 9.17) is 4.52 Å². The van der Waals surface area contributed by atoms with Gasteiger partial charge in [0.25, 0.3) is 0 Å². The van der Waals surface area contributed by atoms with Crippen LogP contribution in [0.2, 0.25) is 0 Å². The van der Waals surface area contributed by atoms with Gasteiger partial charge in [0.15, 0.2) is 0 Å². The Bertz CT molecular complexity index is 955. The van der Waals surface area contributed by atoms with E-state index in [2.05, 4.69) is 38.1 Å². The summed E-state index contributed by atoms with van der Waals surface area (Å²) in [6.07, 6.45) is 4.12. The van der Waals surface area contributed by atoms with E-state index >= 15 is 0 Å². The minimum Gasteiger partial charge on any atom is -0.340 e. The average Bonchev–Trinajstić information content (AvgIpc) is 3.38. The maximum absolute atomic E-state index is 12.8. The fourth-order valence-corrected chi connectivity index (χ4v) is 3.68. The van der Waals surface area contributed by atoms with Crippen molar-refractivity contribution in [1.82, 2.24) is 30.9 Å². The summed E-state index contributed by atoms with van der Waals surface area (Å²) >= 11 is 0. The van der Waals surface area contributed by atoms with Crippen LogP contribution in [-0.4, -0.2) is 45.1 Å². The van der Waals surface area contributed by atoms with E-state index in [0.29, 0.717) is 24.8 Å². The number of likely N-dealkylation sites (tertiary alicyclic amines) is 1. The number of benzene rings is 1. The van der Waals surface area contributed by atoms with Crippen LogP contribution < -0.4 is 10.9 Å². The van der Waals surface area contributed by atoms with Gasteiger partial charge in [-0.25, -0.2) is 10.9 Å². The molecule has 0 aliphatic carbocycles. The van der Waals surface area contributed by atoms with Crippen molar-refractivity contribution in [3.8, 4) is 11.4 Å². The van der Waals surface area contributed by atoms with Crippen molar-refractivity contribution in [3.05, 3.63) is 66.3 Å². The maximum Gasteiger partial charge on any atom is 0.241 e. The van der Waals surface area contributed by atoms with Gasteiger partial charge < -0.3 is 9.42 Å². The number of nitrogens with zero attached hydrogens (tertiary/aromatic N) is 4. The second kappa shape index (κ2) is 7.14. The van der Waals surface area contributed by atoms with Gasteiger partial charge in [0, 0.05) is 37.1 Å². The zero-order chi connectivity index (χ0) is 18.9. The Morgan fingerprint density at radius 2 is 1.86 bits per heavy atom. The molecule has 2 aromatic heterocycles. The third-order valence-corrected chi connectivity index (χ3v) is 5.33. The van der Waals surface area contributed by atoms with Crippen LogP contribution in [0.3, 0.4) is 0 Å². The lowest BCUT2D eigenvalue weighted by Crippen LogP contribution is -2.54. The van der Waals surface area contributed by atoms with Crippen LogP contribution in [0.25, 0.3) is 11.4 Å². The molecule has 2 aliphatic rings. The molecule has 5 rings (SSSR count). The lowest BCUT2D eigenvalue weighted by Gasteiger charge is -2.38. The van der Waals surface area contributed by atoms with Crippen molar-refractivity contribution in [3.63, 3.8) is 0 Å². The molecule has 1 aromatic carbocycles. The monoisotopic (exact) mass is 376 g/mol. The Kier molecular flexibility index (Phi) is 4.34. The molecule has 2 saturated heterocycles. The van der Waals surface area contributed by atoms with Gasteiger partial charge in [-0.2, -0.15) is 4.98 Å². The standard InChI is InChI=1S/C20H20N6O2/c27-20(17-10-16(23-24-17)13-4-2-1-3-5-13)26-11-15(12-26)19-22-18(25-28-19)14-6-8-21-9-7-14/h1-9,15-17,23-24H,10-12H2. The number of carbonyl (C=O) groups is 1. The first-order chi connectivity index (χ1) is 13.8. The van der Waals surface area contributed by atoms with Gasteiger partial charge in [-0.15, -0.1) is 0 Å². The van der Waals surface area contributed by atoms with Crippen LogP contribution in [0.1, 0.15) is 29.8 Å². The molecule has 0 spiro atoms. The van der Waals surface area contributed by atoms with Crippen molar-refractivity contribution in [2.75, 3.05) is 13.1 Å². The van der Waals surface area contributed by atoms with E-state index in [1.807, 2.05) is 35.2 Å². The molecule has 0 saturated carbocycles. The highest BCUT2D eigenvalue weighted by atomic mass is 16.5. The summed E-state index contributed by atoms with van der Waals surface area (Å²) in [5.74, 6) is 1.33. The third-order valence-electron chi connectivity index (χ3n) is 5.33. The minimum atomic E-state index is -0.221. The van der Waals surface area contributed by atoms with Crippen molar-refractivity contribution >= 4 is 5.91 Å². The van der Waals surface area contributed by atoms with E-state index in [0.717, 1.165) is 12.0 Å². The summed E-state index contributed by atoms with van der Waals surface area (Å²) in [4.78, 5) is 23.1. The highest BCUT2D eigenvalue weighted by molar-refractivity contribution is 5.83. The van der Waals surface area contributed by atoms with Crippen LogP contribution in [-0.2, 0) is 4.79 Å². The summed E-state index contributed by atoms with van der Waals surface area (Å²) < 4.78 is 5.40. The summed E-state index contributed by atoms with van der Waals surface area (Å²) in [5, 5.41) is 4.04. The van der Waals surface area contributed by atoms with Crippen molar-refractivity contribution in [2.24, 2.45) is 0 Å². The minimum absolute atomic E-state index is 0.0892. The quantitative estimate of drug-likeness (QED) is 0.715. The lowest BCUT2D eigenvalue weighted by atomic mass is 9.96. The normalized spacial score (nSPS) is 22.2. The molecule has 8 heteroatoms. The molecule has 1 amide bonds. The molecule has 2 N–H and O–H groups in total. The predicted octanol–water partition coefficient (Wildman–Crippen LogP) is 1.67. The molecule has 28 heavy (non-hydrogen) atoms. The molecule has 142 valence electrons. The van der Waals surface area contributed by atoms with E-state index in [-0.39, 0.29) is 23.9 Å². The highest BCUT2D eigenvalue weighted by Gasteiger charge is 2.40. The average molecular weight is 376 g/mol. The molecule has 0 radical (unpaired) electrons. The van der Waals surface area contributed by atoms with Gasteiger partial charge in [-0.1, -0.05) is 35.5 Å². The molecule has 4 heterocycles. The first-order valence-corrected chi connectivity index (χ1v) is 9.37. The molecule has 2 unspecified atom stereocenters. The first-order valence-electron chi connectivity index (χ1n) is 9.37. The molecule has 2 aliphatic heterocycles. The Morgan fingerprint density at radius 1 is 1.07 bits per heavy atom. The summed E-state index contributed by atoms with van der Waals surface area (Å²) in [6.45, 7) is 1.20. The van der Waals surface area contributed by atoms with Crippen molar-refractivity contribution in [2.45, 2.75) is 24.4 Å². The van der Waals surface area contributed by atoms with E-state index < -0.39 is 0 Å².